The second-order valence-corrected chi connectivity index (χ2v) is 8.18. The maximum atomic E-state index is 13.2. The molecule has 0 radical (unpaired) electrons. The van der Waals surface area contributed by atoms with Gasteiger partial charge in [-0.1, -0.05) is 49.8 Å². The molecule has 0 saturated carbocycles. The molecule has 0 aliphatic carbocycles. The highest BCUT2D eigenvalue weighted by atomic mass is 32.1. The highest BCUT2D eigenvalue weighted by Crippen LogP contribution is 2.41. The maximum absolute atomic E-state index is 13.2. The number of aromatic nitrogens is 2. The van der Waals surface area contributed by atoms with Gasteiger partial charge in [-0.2, -0.15) is 0 Å². The molecule has 0 spiro atoms. The van der Waals surface area contributed by atoms with Gasteiger partial charge in [0.2, 0.25) is 16.9 Å². The van der Waals surface area contributed by atoms with Gasteiger partial charge < -0.3 is 15.0 Å². The van der Waals surface area contributed by atoms with Gasteiger partial charge in [0.1, 0.15) is 10.8 Å². The molecule has 1 aromatic carbocycles. The van der Waals surface area contributed by atoms with Crippen LogP contribution in [0, 0.1) is 5.92 Å². The van der Waals surface area contributed by atoms with E-state index >= 15 is 0 Å². The van der Waals surface area contributed by atoms with Crippen molar-refractivity contribution in [1.82, 2.24) is 15.1 Å². The largest absolute Gasteiger partial charge is 0.496 e. The fourth-order valence-electron chi connectivity index (χ4n) is 3.76. The van der Waals surface area contributed by atoms with Gasteiger partial charge in [0.25, 0.3) is 0 Å². The Bertz CT molecular complexity index is 854. The molecule has 2 aromatic rings. The van der Waals surface area contributed by atoms with Gasteiger partial charge in [-0.15, -0.1) is 10.2 Å². The molecule has 156 valence electrons. The molecule has 2 heterocycles. The molecular formula is C21H28N4O3S. The normalized spacial score (nSPS) is 19.3. The fourth-order valence-corrected chi connectivity index (χ4v) is 4.44. The number of aryl methyl sites for hydroxylation is 1. The van der Waals surface area contributed by atoms with Crippen molar-refractivity contribution in [2.45, 2.75) is 52.0 Å². The number of methoxy groups -OCH3 is 1. The standard InChI is InChI=1S/C21H28N4O3S/c1-4-6-13-25-18(26)12-11-15(19(25)14-9-7-8-10-16(14)28-3)20(27)22-21-24-23-17(5-2)29-21/h7-10,15,19H,4-6,11-13H2,1-3H3,(H,22,24,27)/t15-,19-/m0/s1. The number of benzene rings is 1. The summed E-state index contributed by atoms with van der Waals surface area (Å²) in [6, 6.07) is 7.27. The van der Waals surface area contributed by atoms with Crippen LogP contribution < -0.4 is 10.1 Å². The summed E-state index contributed by atoms with van der Waals surface area (Å²) >= 11 is 1.39. The second-order valence-electron chi connectivity index (χ2n) is 7.12. The maximum Gasteiger partial charge on any atom is 0.231 e. The summed E-state index contributed by atoms with van der Waals surface area (Å²) in [6.07, 6.45) is 3.51. The van der Waals surface area contributed by atoms with Crippen LogP contribution >= 0.6 is 11.3 Å². The number of nitrogens with one attached hydrogen (secondary N) is 1. The SMILES string of the molecule is CCCCN1C(=O)CC[C@H](C(=O)Nc2nnc(CC)s2)[C@@H]1c1ccccc1OC. The van der Waals surface area contributed by atoms with Crippen LogP contribution in [-0.4, -0.2) is 40.6 Å². The first-order valence-corrected chi connectivity index (χ1v) is 11.0. The van der Waals surface area contributed by atoms with Crippen molar-refractivity contribution in [3.63, 3.8) is 0 Å². The Hall–Kier alpha value is -2.48. The minimum Gasteiger partial charge on any atom is -0.496 e. The highest BCUT2D eigenvalue weighted by Gasteiger charge is 2.41. The number of nitrogens with zero attached hydrogens (tertiary/aromatic N) is 3. The van der Waals surface area contributed by atoms with Crippen LogP contribution in [0.1, 0.15) is 56.1 Å². The van der Waals surface area contributed by atoms with Crippen molar-refractivity contribution in [2.75, 3.05) is 19.0 Å². The number of para-hydroxylation sites is 1. The summed E-state index contributed by atoms with van der Waals surface area (Å²) in [5.74, 6) is 0.266. The second kappa shape index (κ2) is 9.82. The molecule has 2 atom stereocenters. The average molecular weight is 417 g/mol. The Balaban J connectivity index is 1.93. The van der Waals surface area contributed by atoms with Crippen LogP contribution in [0.2, 0.25) is 0 Å². The molecule has 1 fully saturated rings. The number of carbonyl (C=O) groups excluding carboxylic acids is 2. The van der Waals surface area contributed by atoms with Gasteiger partial charge in [0.15, 0.2) is 0 Å². The van der Waals surface area contributed by atoms with E-state index in [1.807, 2.05) is 36.1 Å². The number of amides is 2. The predicted octanol–water partition coefficient (Wildman–Crippen LogP) is 3.83. The number of likely N-dealkylation sites (tertiary alicyclic amines) is 1. The summed E-state index contributed by atoms with van der Waals surface area (Å²) < 4.78 is 5.56. The first kappa shape index (κ1) is 21.2. The lowest BCUT2D eigenvalue weighted by atomic mass is 9.83. The Morgan fingerprint density at radius 1 is 1.31 bits per heavy atom. The zero-order valence-corrected chi connectivity index (χ0v) is 18.0. The number of unbranched alkanes of at least 4 members (excludes halogenated alkanes) is 1. The minimum atomic E-state index is -0.380. The first-order chi connectivity index (χ1) is 14.1. The molecular weight excluding hydrogens is 388 g/mol. The number of anilines is 1. The van der Waals surface area contributed by atoms with E-state index in [4.69, 9.17) is 4.74 Å². The molecule has 1 saturated heterocycles. The average Bonchev–Trinajstić information content (AvgIpc) is 3.20. The molecule has 7 nitrogen and oxygen atoms in total. The smallest absolute Gasteiger partial charge is 0.231 e. The van der Waals surface area contributed by atoms with Crippen molar-refractivity contribution in [3.05, 3.63) is 34.8 Å². The zero-order chi connectivity index (χ0) is 20.8. The number of hydrogen-bond donors (Lipinski definition) is 1. The lowest BCUT2D eigenvalue weighted by Crippen LogP contribution is -2.47. The van der Waals surface area contributed by atoms with E-state index in [2.05, 4.69) is 22.4 Å². The summed E-state index contributed by atoms with van der Waals surface area (Å²) in [4.78, 5) is 27.9. The van der Waals surface area contributed by atoms with Gasteiger partial charge in [-0.3, -0.25) is 9.59 Å². The molecule has 1 aliphatic heterocycles. The molecule has 3 rings (SSSR count). The fraction of sp³-hybridized carbons (Fsp3) is 0.524. The van der Waals surface area contributed by atoms with Crippen molar-refractivity contribution in [3.8, 4) is 5.75 Å². The highest BCUT2D eigenvalue weighted by molar-refractivity contribution is 7.15. The third-order valence-electron chi connectivity index (χ3n) is 5.25. The van der Waals surface area contributed by atoms with Crippen molar-refractivity contribution >= 4 is 28.3 Å². The monoisotopic (exact) mass is 416 g/mol. The number of carbonyl (C=O) groups is 2. The number of rotatable bonds is 8. The van der Waals surface area contributed by atoms with Crippen LogP contribution in [0.25, 0.3) is 0 Å². The van der Waals surface area contributed by atoms with Gasteiger partial charge in [0, 0.05) is 18.5 Å². The van der Waals surface area contributed by atoms with Crippen molar-refractivity contribution in [1.29, 1.82) is 0 Å². The summed E-state index contributed by atoms with van der Waals surface area (Å²) in [6.45, 7) is 4.72. The van der Waals surface area contributed by atoms with Gasteiger partial charge in [0.05, 0.1) is 19.1 Å². The van der Waals surface area contributed by atoms with Crippen molar-refractivity contribution < 1.29 is 14.3 Å². The third kappa shape index (κ3) is 4.75. The molecule has 2 amide bonds. The van der Waals surface area contributed by atoms with Crippen LogP contribution in [-0.2, 0) is 16.0 Å². The van der Waals surface area contributed by atoms with Gasteiger partial charge >= 0.3 is 0 Å². The van der Waals surface area contributed by atoms with E-state index in [0.717, 1.165) is 29.8 Å². The molecule has 1 N–H and O–H groups in total. The van der Waals surface area contributed by atoms with Crippen molar-refractivity contribution in [2.24, 2.45) is 5.92 Å². The lowest BCUT2D eigenvalue weighted by molar-refractivity contribution is -0.142. The molecule has 0 bridgehead atoms. The van der Waals surface area contributed by atoms with E-state index in [9.17, 15) is 9.59 Å². The van der Waals surface area contributed by atoms with E-state index in [-0.39, 0.29) is 23.8 Å². The first-order valence-electron chi connectivity index (χ1n) is 10.1. The van der Waals surface area contributed by atoms with Crippen LogP contribution in [0.3, 0.4) is 0 Å². The predicted molar refractivity (Wildman–Crippen MR) is 113 cm³/mol. The van der Waals surface area contributed by atoms with Gasteiger partial charge in [-0.25, -0.2) is 0 Å². The number of piperidine rings is 1. The molecule has 1 aliphatic rings. The van der Waals surface area contributed by atoms with E-state index in [0.29, 0.717) is 30.3 Å². The molecule has 29 heavy (non-hydrogen) atoms. The summed E-state index contributed by atoms with van der Waals surface area (Å²) in [5.41, 5.74) is 0.866. The zero-order valence-electron chi connectivity index (χ0n) is 17.2. The number of ether oxygens (including phenoxy) is 1. The molecule has 0 unspecified atom stereocenters. The Morgan fingerprint density at radius 2 is 2.10 bits per heavy atom. The van der Waals surface area contributed by atoms with Crippen LogP contribution in [0.5, 0.6) is 5.75 Å². The van der Waals surface area contributed by atoms with E-state index in [1.165, 1.54) is 11.3 Å². The molecule has 8 heteroatoms. The Kier molecular flexibility index (Phi) is 7.19. The van der Waals surface area contributed by atoms with E-state index in [1.54, 1.807) is 7.11 Å². The topological polar surface area (TPSA) is 84.4 Å². The lowest BCUT2D eigenvalue weighted by Gasteiger charge is -2.41. The van der Waals surface area contributed by atoms with Crippen LogP contribution in [0.4, 0.5) is 5.13 Å². The third-order valence-corrected chi connectivity index (χ3v) is 6.24. The molecule has 1 aromatic heterocycles. The quantitative estimate of drug-likeness (QED) is 0.707. The Labute approximate surface area is 175 Å². The van der Waals surface area contributed by atoms with Gasteiger partial charge in [-0.05, 0) is 25.3 Å². The van der Waals surface area contributed by atoms with E-state index < -0.39 is 0 Å². The Morgan fingerprint density at radius 3 is 2.79 bits per heavy atom. The minimum absolute atomic E-state index is 0.0857. The number of hydrogen-bond acceptors (Lipinski definition) is 6. The van der Waals surface area contributed by atoms with Crippen LogP contribution in [0.15, 0.2) is 24.3 Å². The summed E-state index contributed by atoms with van der Waals surface area (Å²) in [7, 11) is 1.61. The summed E-state index contributed by atoms with van der Waals surface area (Å²) in [5, 5.41) is 12.4.